The van der Waals surface area contributed by atoms with Crippen LogP contribution < -0.4 is 5.32 Å². The van der Waals surface area contributed by atoms with E-state index in [0.29, 0.717) is 6.42 Å². The maximum Gasteiger partial charge on any atom is 0.243 e. The van der Waals surface area contributed by atoms with Crippen LogP contribution in [0.4, 0.5) is 4.39 Å². The molecule has 0 rings (SSSR count). The monoisotopic (exact) mass is 131 g/mol. The number of amides is 1. The summed E-state index contributed by atoms with van der Waals surface area (Å²) in [5.41, 5.74) is 0. The molecule has 52 valence electrons. The van der Waals surface area contributed by atoms with Crippen LogP contribution in [0.3, 0.4) is 0 Å². The molecule has 9 heavy (non-hydrogen) atoms. The van der Waals surface area contributed by atoms with Crippen LogP contribution >= 0.6 is 0 Å². The minimum absolute atomic E-state index is 0.191. The lowest BCUT2D eigenvalue weighted by Gasteiger charge is -1.86. The predicted octanol–water partition coefficient (Wildman–Crippen LogP) is 0.648. The van der Waals surface area contributed by atoms with Crippen LogP contribution in [0.25, 0.3) is 0 Å². The molecular formula is C6H10FNO. The molecule has 0 aliphatic rings. The quantitative estimate of drug-likeness (QED) is 0.560. The van der Waals surface area contributed by atoms with E-state index < -0.39 is 6.67 Å². The maximum atomic E-state index is 11.4. The summed E-state index contributed by atoms with van der Waals surface area (Å²) in [5.74, 6) is -0.191. The van der Waals surface area contributed by atoms with Crippen molar-refractivity contribution < 1.29 is 9.18 Å². The maximum absolute atomic E-state index is 11.4. The number of allylic oxidation sites excluding steroid dienone is 1. The average Bonchev–Trinajstić information content (AvgIpc) is 1.89. The summed E-state index contributed by atoms with van der Waals surface area (Å²) in [7, 11) is 1.53. The van der Waals surface area contributed by atoms with Crippen LogP contribution in [-0.2, 0) is 4.79 Å². The smallest absolute Gasteiger partial charge is 0.243 e. The van der Waals surface area contributed by atoms with Gasteiger partial charge in [0.15, 0.2) is 0 Å². The zero-order chi connectivity index (χ0) is 7.11. The van der Waals surface area contributed by atoms with Crippen molar-refractivity contribution in [2.24, 2.45) is 0 Å². The van der Waals surface area contributed by atoms with Crippen molar-refractivity contribution in [2.75, 3.05) is 13.7 Å². The Hall–Kier alpha value is -0.860. The SMILES string of the molecule is CNC(=O)C=CCCF. The van der Waals surface area contributed by atoms with Gasteiger partial charge in [-0.2, -0.15) is 0 Å². The highest BCUT2D eigenvalue weighted by molar-refractivity contribution is 5.87. The van der Waals surface area contributed by atoms with E-state index in [-0.39, 0.29) is 5.91 Å². The Balaban J connectivity index is 3.32. The third kappa shape index (κ3) is 5.00. The fraction of sp³-hybridized carbons (Fsp3) is 0.500. The molecule has 0 aliphatic heterocycles. The van der Waals surface area contributed by atoms with Crippen molar-refractivity contribution in [3.8, 4) is 0 Å². The molecule has 1 N–H and O–H groups in total. The van der Waals surface area contributed by atoms with Gasteiger partial charge in [0.05, 0.1) is 6.67 Å². The largest absolute Gasteiger partial charge is 0.356 e. The molecule has 2 nitrogen and oxygen atoms in total. The fourth-order valence-corrected chi connectivity index (χ4v) is 0.337. The van der Waals surface area contributed by atoms with E-state index in [1.165, 1.54) is 19.2 Å². The Labute approximate surface area is 53.8 Å². The van der Waals surface area contributed by atoms with Crippen LogP contribution in [0, 0.1) is 0 Å². The summed E-state index contributed by atoms with van der Waals surface area (Å²) >= 11 is 0. The highest BCUT2D eigenvalue weighted by Crippen LogP contribution is 1.82. The molecule has 0 aromatic rings. The van der Waals surface area contributed by atoms with Gasteiger partial charge in [0.25, 0.3) is 0 Å². The summed E-state index contributed by atoms with van der Waals surface area (Å²) < 4.78 is 11.4. The minimum atomic E-state index is -0.409. The Kier molecular flexibility index (Phi) is 4.78. The number of rotatable bonds is 3. The number of nitrogens with one attached hydrogen (secondary N) is 1. The van der Waals surface area contributed by atoms with Crippen LogP contribution in [0.15, 0.2) is 12.2 Å². The van der Waals surface area contributed by atoms with E-state index in [1.54, 1.807) is 0 Å². The fourth-order valence-electron chi connectivity index (χ4n) is 0.337. The minimum Gasteiger partial charge on any atom is -0.356 e. The highest BCUT2D eigenvalue weighted by atomic mass is 19.1. The lowest BCUT2D eigenvalue weighted by Crippen LogP contribution is -2.13. The standard InChI is InChI=1S/C6H10FNO/c1-8-6(9)4-2-3-5-7/h2,4H,3,5H2,1H3,(H,8,9). The lowest BCUT2D eigenvalue weighted by molar-refractivity contribution is -0.116. The van der Waals surface area contributed by atoms with Gasteiger partial charge in [-0.1, -0.05) is 6.08 Å². The predicted molar refractivity (Wildman–Crippen MR) is 33.8 cm³/mol. The van der Waals surface area contributed by atoms with E-state index in [9.17, 15) is 9.18 Å². The highest BCUT2D eigenvalue weighted by Gasteiger charge is 1.84. The second kappa shape index (κ2) is 5.28. The van der Waals surface area contributed by atoms with Gasteiger partial charge in [-0.15, -0.1) is 0 Å². The third-order valence-corrected chi connectivity index (χ3v) is 0.791. The summed E-state index contributed by atoms with van der Waals surface area (Å²) in [6.45, 7) is -0.409. The Morgan fingerprint density at radius 1 is 1.78 bits per heavy atom. The summed E-state index contributed by atoms with van der Waals surface area (Å²) in [4.78, 5) is 10.4. The van der Waals surface area contributed by atoms with Crippen molar-refractivity contribution in [3.63, 3.8) is 0 Å². The first-order chi connectivity index (χ1) is 4.31. The number of hydrogen-bond donors (Lipinski definition) is 1. The molecule has 0 bridgehead atoms. The molecular weight excluding hydrogens is 121 g/mol. The number of hydrogen-bond acceptors (Lipinski definition) is 1. The Bertz CT molecular complexity index is 112. The second-order valence-electron chi connectivity index (χ2n) is 1.49. The van der Waals surface area contributed by atoms with Gasteiger partial charge in [-0.05, 0) is 12.5 Å². The molecule has 0 aromatic heterocycles. The normalized spacial score (nSPS) is 10.0. The molecule has 0 saturated heterocycles. The Morgan fingerprint density at radius 2 is 2.44 bits per heavy atom. The first kappa shape index (κ1) is 8.14. The van der Waals surface area contributed by atoms with Crippen molar-refractivity contribution in [3.05, 3.63) is 12.2 Å². The van der Waals surface area contributed by atoms with Crippen LogP contribution in [0.2, 0.25) is 0 Å². The van der Waals surface area contributed by atoms with Crippen molar-refractivity contribution in [1.29, 1.82) is 0 Å². The first-order valence-corrected chi connectivity index (χ1v) is 2.75. The van der Waals surface area contributed by atoms with Crippen LogP contribution in [0.5, 0.6) is 0 Å². The zero-order valence-corrected chi connectivity index (χ0v) is 5.36. The van der Waals surface area contributed by atoms with Gasteiger partial charge in [-0.3, -0.25) is 9.18 Å². The molecule has 3 heteroatoms. The topological polar surface area (TPSA) is 29.1 Å². The molecule has 0 atom stereocenters. The molecule has 0 spiro atoms. The van der Waals surface area contributed by atoms with Gasteiger partial charge >= 0.3 is 0 Å². The van der Waals surface area contributed by atoms with E-state index >= 15 is 0 Å². The number of halogens is 1. The lowest BCUT2D eigenvalue weighted by atomic mass is 10.4. The third-order valence-electron chi connectivity index (χ3n) is 0.791. The first-order valence-electron chi connectivity index (χ1n) is 2.75. The Morgan fingerprint density at radius 3 is 2.89 bits per heavy atom. The van der Waals surface area contributed by atoms with E-state index in [0.717, 1.165) is 0 Å². The van der Waals surface area contributed by atoms with E-state index in [1.807, 2.05) is 0 Å². The molecule has 1 amide bonds. The van der Waals surface area contributed by atoms with Gasteiger partial charge in [0.2, 0.25) is 5.91 Å². The number of alkyl halides is 1. The molecule has 0 saturated carbocycles. The number of likely N-dealkylation sites (N-methyl/N-ethyl adjacent to an activating group) is 1. The molecule has 0 aliphatic carbocycles. The zero-order valence-electron chi connectivity index (χ0n) is 5.36. The van der Waals surface area contributed by atoms with E-state index in [2.05, 4.69) is 5.32 Å². The van der Waals surface area contributed by atoms with Crippen LogP contribution in [0.1, 0.15) is 6.42 Å². The molecule has 0 fully saturated rings. The number of carbonyl (C=O) groups is 1. The van der Waals surface area contributed by atoms with Gasteiger partial charge in [0, 0.05) is 7.05 Å². The number of carbonyl (C=O) groups excluding carboxylic acids is 1. The molecule has 0 radical (unpaired) electrons. The summed E-state index contributed by atoms with van der Waals surface area (Å²) in [6.07, 6.45) is 3.13. The molecule has 0 heterocycles. The van der Waals surface area contributed by atoms with Crippen molar-refractivity contribution in [2.45, 2.75) is 6.42 Å². The summed E-state index contributed by atoms with van der Waals surface area (Å²) in [6, 6.07) is 0. The van der Waals surface area contributed by atoms with Gasteiger partial charge < -0.3 is 5.32 Å². The second-order valence-corrected chi connectivity index (χ2v) is 1.49. The van der Waals surface area contributed by atoms with Crippen molar-refractivity contribution >= 4 is 5.91 Å². The molecule has 0 aromatic carbocycles. The van der Waals surface area contributed by atoms with Gasteiger partial charge in [0.1, 0.15) is 0 Å². The van der Waals surface area contributed by atoms with Gasteiger partial charge in [-0.25, -0.2) is 0 Å². The van der Waals surface area contributed by atoms with Crippen LogP contribution in [-0.4, -0.2) is 19.6 Å². The van der Waals surface area contributed by atoms with Crippen molar-refractivity contribution in [1.82, 2.24) is 5.32 Å². The van der Waals surface area contributed by atoms with E-state index in [4.69, 9.17) is 0 Å². The average molecular weight is 131 g/mol. The summed E-state index contributed by atoms with van der Waals surface area (Å²) in [5, 5.41) is 2.38. The molecule has 0 unspecified atom stereocenters.